The normalized spacial score (nSPS) is 11.1. The average molecular weight is 239 g/mol. The third-order valence-corrected chi connectivity index (χ3v) is 2.32. The zero-order chi connectivity index (χ0) is 12.0. The molecule has 0 unspecified atom stereocenters. The highest BCUT2D eigenvalue weighted by atomic mass is 35.5. The first kappa shape index (κ1) is 12.6. The van der Waals surface area contributed by atoms with Gasteiger partial charge < -0.3 is 10.6 Å². The van der Waals surface area contributed by atoms with Crippen molar-refractivity contribution >= 4 is 23.3 Å². The van der Waals surface area contributed by atoms with Gasteiger partial charge in [0.15, 0.2) is 0 Å². The van der Waals surface area contributed by atoms with Gasteiger partial charge in [0.25, 0.3) is 0 Å². The molecule has 2 amide bonds. The molecule has 0 atom stereocenters. The van der Waals surface area contributed by atoms with Gasteiger partial charge in [-0.25, -0.2) is 4.79 Å². The first-order valence-corrected chi connectivity index (χ1v) is 5.48. The van der Waals surface area contributed by atoms with Crippen LogP contribution in [0.2, 0.25) is 5.02 Å². The lowest BCUT2D eigenvalue weighted by molar-refractivity contribution is 0.255. The molecule has 4 heteroatoms. The van der Waals surface area contributed by atoms with Crippen LogP contribution in [0.5, 0.6) is 0 Å². The van der Waals surface area contributed by atoms with Gasteiger partial charge in [0.05, 0.1) is 0 Å². The summed E-state index contributed by atoms with van der Waals surface area (Å²) in [5, 5.41) is 5.92. The van der Waals surface area contributed by atoms with Crippen LogP contribution in [0.15, 0.2) is 36.0 Å². The van der Waals surface area contributed by atoms with Crippen molar-refractivity contribution in [3.05, 3.63) is 41.1 Å². The van der Waals surface area contributed by atoms with Gasteiger partial charge in [0.2, 0.25) is 0 Å². The van der Waals surface area contributed by atoms with E-state index in [1.807, 2.05) is 13.8 Å². The van der Waals surface area contributed by atoms with Crippen molar-refractivity contribution < 1.29 is 4.79 Å². The summed E-state index contributed by atoms with van der Waals surface area (Å²) in [5.74, 6) is 0. The highest BCUT2D eigenvalue weighted by molar-refractivity contribution is 6.30. The number of allylic oxidation sites excluding steroid dienone is 1. The number of hydrogen-bond donors (Lipinski definition) is 2. The maximum absolute atomic E-state index is 11.4. The fourth-order valence-electron chi connectivity index (χ4n) is 1.02. The number of halogens is 1. The van der Waals surface area contributed by atoms with Crippen molar-refractivity contribution in [1.82, 2.24) is 5.32 Å². The highest BCUT2D eigenvalue weighted by Crippen LogP contribution is 2.14. The molecule has 1 aromatic carbocycles. The smallest absolute Gasteiger partial charge is 0.314 e. The van der Waals surface area contributed by atoms with Gasteiger partial charge in [-0.05, 0) is 31.5 Å². The van der Waals surface area contributed by atoms with Gasteiger partial charge in [-0.3, -0.25) is 0 Å². The number of nitrogens with one attached hydrogen (secondary N) is 2. The first-order chi connectivity index (χ1) is 7.61. The van der Waals surface area contributed by atoms with Crippen LogP contribution in [0.1, 0.15) is 20.3 Å². The van der Waals surface area contributed by atoms with Gasteiger partial charge in [-0.2, -0.15) is 0 Å². The van der Waals surface area contributed by atoms with Crippen LogP contribution in [0.4, 0.5) is 10.5 Å². The van der Waals surface area contributed by atoms with E-state index in [1.54, 1.807) is 30.5 Å². The molecule has 0 heterocycles. The number of amides is 2. The third-order valence-electron chi connectivity index (χ3n) is 2.09. The lowest BCUT2D eigenvalue weighted by Crippen LogP contribution is -2.24. The van der Waals surface area contributed by atoms with E-state index in [0.717, 1.165) is 12.0 Å². The van der Waals surface area contributed by atoms with E-state index in [4.69, 9.17) is 11.6 Å². The molecule has 1 aromatic rings. The van der Waals surface area contributed by atoms with Crippen LogP contribution in [0.3, 0.4) is 0 Å². The summed E-state index contributed by atoms with van der Waals surface area (Å²) in [6.45, 7) is 3.99. The number of benzene rings is 1. The predicted octanol–water partition coefficient (Wildman–Crippen LogP) is 3.78. The molecule has 0 bridgehead atoms. The predicted molar refractivity (Wildman–Crippen MR) is 67.7 cm³/mol. The molecule has 0 aromatic heterocycles. The molecule has 0 aliphatic heterocycles. The van der Waals surface area contributed by atoms with Crippen molar-refractivity contribution in [2.24, 2.45) is 0 Å². The number of hydrogen-bond acceptors (Lipinski definition) is 1. The fraction of sp³-hybridized carbons (Fsp3) is 0.250. The summed E-state index contributed by atoms with van der Waals surface area (Å²) in [6, 6.07) is 6.74. The van der Waals surface area contributed by atoms with Gasteiger partial charge in [-0.15, -0.1) is 0 Å². The van der Waals surface area contributed by atoms with E-state index in [1.165, 1.54) is 0 Å². The minimum absolute atomic E-state index is 0.268. The van der Waals surface area contributed by atoms with Crippen LogP contribution in [-0.4, -0.2) is 6.03 Å². The Kier molecular flexibility index (Phi) is 4.86. The fourth-order valence-corrected chi connectivity index (χ4v) is 1.21. The lowest BCUT2D eigenvalue weighted by atomic mass is 10.3. The number of carbonyl (C=O) groups excluding carboxylic acids is 1. The van der Waals surface area contributed by atoms with Crippen molar-refractivity contribution in [3.63, 3.8) is 0 Å². The minimum Gasteiger partial charge on any atom is -0.314 e. The van der Waals surface area contributed by atoms with Crippen molar-refractivity contribution in [2.45, 2.75) is 20.3 Å². The Morgan fingerprint density at radius 2 is 2.25 bits per heavy atom. The lowest BCUT2D eigenvalue weighted by Gasteiger charge is -2.05. The molecular weight excluding hydrogens is 224 g/mol. The molecule has 0 saturated carbocycles. The molecule has 0 saturated heterocycles. The molecule has 86 valence electrons. The zero-order valence-corrected chi connectivity index (χ0v) is 10.1. The minimum atomic E-state index is -0.268. The topological polar surface area (TPSA) is 41.1 Å². The molecule has 3 nitrogen and oxygen atoms in total. The quantitative estimate of drug-likeness (QED) is 0.827. The van der Waals surface area contributed by atoms with E-state index >= 15 is 0 Å². The van der Waals surface area contributed by atoms with E-state index in [-0.39, 0.29) is 6.03 Å². The monoisotopic (exact) mass is 238 g/mol. The van der Waals surface area contributed by atoms with Gasteiger partial charge in [0.1, 0.15) is 0 Å². The summed E-state index contributed by atoms with van der Waals surface area (Å²) in [7, 11) is 0. The number of urea groups is 1. The summed E-state index contributed by atoms with van der Waals surface area (Å²) < 4.78 is 0. The Labute approximate surface area is 100 Å². The maximum atomic E-state index is 11.4. The van der Waals surface area contributed by atoms with Crippen LogP contribution in [0.25, 0.3) is 0 Å². The summed E-state index contributed by atoms with van der Waals surface area (Å²) in [4.78, 5) is 11.4. The van der Waals surface area contributed by atoms with E-state index in [2.05, 4.69) is 10.6 Å². The Morgan fingerprint density at radius 3 is 2.88 bits per heavy atom. The van der Waals surface area contributed by atoms with E-state index < -0.39 is 0 Å². The molecular formula is C12H15ClN2O. The molecule has 2 N–H and O–H groups in total. The standard InChI is InChI=1S/C12H15ClN2O/c1-3-9(2)8-14-12(16)15-11-6-4-5-10(13)7-11/h4-8H,3H2,1-2H3,(H2,14,15,16)/b9-8+. The zero-order valence-electron chi connectivity index (χ0n) is 9.38. The maximum Gasteiger partial charge on any atom is 0.323 e. The van der Waals surface area contributed by atoms with Crippen molar-refractivity contribution in [3.8, 4) is 0 Å². The molecule has 1 rings (SSSR count). The van der Waals surface area contributed by atoms with Gasteiger partial charge >= 0.3 is 6.03 Å². The summed E-state index contributed by atoms with van der Waals surface area (Å²) >= 11 is 5.79. The number of anilines is 1. The second-order valence-electron chi connectivity index (χ2n) is 3.45. The Hall–Kier alpha value is -1.48. The number of rotatable bonds is 3. The molecule has 0 radical (unpaired) electrons. The molecule has 0 aliphatic carbocycles. The summed E-state index contributed by atoms with van der Waals surface area (Å²) in [5.41, 5.74) is 1.79. The first-order valence-electron chi connectivity index (χ1n) is 5.10. The summed E-state index contributed by atoms with van der Waals surface area (Å²) in [6.07, 6.45) is 2.61. The van der Waals surface area contributed by atoms with Crippen LogP contribution < -0.4 is 10.6 Å². The number of carbonyl (C=O) groups is 1. The second kappa shape index (κ2) is 6.18. The average Bonchev–Trinajstić information content (AvgIpc) is 2.26. The van der Waals surface area contributed by atoms with E-state index in [9.17, 15) is 4.79 Å². The van der Waals surface area contributed by atoms with Crippen molar-refractivity contribution in [1.29, 1.82) is 0 Å². The van der Waals surface area contributed by atoms with Crippen LogP contribution in [0, 0.1) is 0 Å². The Balaban J connectivity index is 2.52. The van der Waals surface area contributed by atoms with Crippen LogP contribution in [-0.2, 0) is 0 Å². The Bertz CT molecular complexity index is 402. The van der Waals surface area contributed by atoms with E-state index in [0.29, 0.717) is 10.7 Å². The second-order valence-corrected chi connectivity index (χ2v) is 3.89. The SMILES string of the molecule is CC/C(C)=C/NC(=O)Nc1cccc(Cl)c1. The largest absolute Gasteiger partial charge is 0.323 e. The highest BCUT2D eigenvalue weighted by Gasteiger charge is 1.99. The Morgan fingerprint density at radius 1 is 1.50 bits per heavy atom. The van der Waals surface area contributed by atoms with Gasteiger partial charge in [0, 0.05) is 16.9 Å². The van der Waals surface area contributed by atoms with Crippen LogP contribution >= 0.6 is 11.6 Å². The molecule has 0 aliphatic rings. The molecule has 0 spiro atoms. The molecule has 0 fully saturated rings. The van der Waals surface area contributed by atoms with Crippen molar-refractivity contribution in [2.75, 3.05) is 5.32 Å². The third kappa shape index (κ3) is 4.36. The van der Waals surface area contributed by atoms with Gasteiger partial charge in [-0.1, -0.05) is 30.2 Å². The molecule has 16 heavy (non-hydrogen) atoms.